The minimum Gasteiger partial charge on any atom is -0.495 e. The summed E-state index contributed by atoms with van der Waals surface area (Å²) in [7, 11) is 1.49. The van der Waals surface area contributed by atoms with Crippen molar-refractivity contribution in [2.24, 2.45) is 0 Å². The Morgan fingerprint density at radius 1 is 1.27 bits per heavy atom. The largest absolute Gasteiger partial charge is 0.495 e. The van der Waals surface area contributed by atoms with Gasteiger partial charge in [0.05, 0.1) is 36.4 Å². The second-order valence-corrected chi connectivity index (χ2v) is 6.90. The van der Waals surface area contributed by atoms with Gasteiger partial charge >= 0.3 is 6.18 Å². The fourth-order valence-electron chi connectivity index (χ4n) is 3.34. The van der Waals surface area contributed by atoms with Gasteiger partial charge < -0.3 is 19.4 Å². The number of methoxy groups -OCH3 is 1. The zero-order valence-electron chi connectivity index (χ0n) is 16.2. The van der Waals surface area contributed by atoms with Crippen molar-refractivity contribution in [1.82, 2.24) is 14.9 Å². The van der Waals surface area contributed by atoms with Crippen LogP contribution in [0.15, 0.2) is 48.9 Å². The van der Waals surface area contributed by atoms with E-state index in [1.54, 1.807) is 29.1 Å². The van der Waals surface area contributed by atoms with Crippen LogP contribution in [0.2, 0.25) is 0 Å². The standard InChI is InChI=1S/C21H18F3N3O3/c1-12-9-27(11-25-12)17-5-3-13(7-19(17)29-2)20(28)26-16-10-30-18-6-4-14(8-15(16)18)21(22,23)24/h3-9,11,16H,10H2,1-2H3,(H,26,28). The van der Waals surface area contributed by atoms with Gasteiger partial charge in [0.15, 0.2) is 0 Å². The highest BCUT2D eigenvalue weighted by atomic mass is 19.4. The Bertz CT molecular complexity index is 1110. The molecule has 2 heterocycles. The molecule has 3 aromatic rings. The van der Waals surface area contributed by atoms with Gasteiger partial charge in [0.25, 0.3) is 5.91 Å². The van der Waals surface area contributed by atoms with Gasteiger partial charge in [0.2, 0.25) is 0 Å². The highest BCUT2D eigenvalue weighted by molar-refractivity contribution is 5.95. The van der Waals surface area contributed by atoms with Crippen molar-refractivity contribution in [2.75, 3.05) is 13.7 Å². The Balaban J connectivity index is 1.57. The predicted molar refractivity (Wildman–Crippen MR) is 102 cm³/mol. The summed E-state index contributed by atoms with van der Waals surface area (Å²) in [6.45, 7) is 1.92. The zero-order valence-corrected chi connectivity index (χ0v) is 16.2. The smallest absolute Gasteiger partial charge is 0.416 e. The number of benzene rings is 2. The number of rotatable bonds is 4. The van der Waals surface area contributed by atoms with E-state index in [-0.39, 0.29) is 6.61 Å². The van der Waals surface area contributed by atoms with Crippen molar-refractivity contribution in [3.05, 3.63) is 71.3 Å². The van der Waals surface area contributed by atoms with E-state index in [1.165, 1.54) is 13.2 Å². The van der Waals surface area contributed by atoms with E-state index in [0.717, 1.165) is 17.8 Å². The quantitative estimate of drug-likeness (QED) is 0.695. The molecule has 2 aromatic carbocycles. The second-order valence-electron chi connectivity index (χ2n) is 6.90. The van der Waals surface area contributed by atoms with Crippen molar-refractivity contribution in [2.45, 2.75) is 19.1 Å². The molecule has 0 aliphatic carbocycles. The molecular weight excluding hydrogens is 399 g/mol. The lowest BCUT2D eigenvalue weighted by Crippen LogP contribution is -2.29. The van der Waals surface area contributed by atoms with Crippen LogP contribution in [-0.4, -0.2) is 29.2 Å². The summed E-state index contributed by atoms with van der Waals surface area (Å²) in [6.07, 6.45) is -1.01. The second kappa shape index (κ2) is 7.40. The fraction of sp³-hybridized carbons (Fsp3) is 0.238. The van der Waals surface area contributed by atoms with E-state index in [4.69, 9.17) is 9.47 Å². The van der Waals surface area contributed by atoms with Crippen molar-refractivity contribution < 1.29 is 27.4 Å². The maximum atomic E-state index is 13.0. The van der Waals surface area contributed by atoms with Crippen LogP contribution in [0, 0.1) is 6.92 Å². The first-order valence-electron chi connectivity index (χ1n) is 9.10. The topological polar surface area (TPSA) is 65.4 Å². The molecule has 9 heteroatoms. The maximum absolute atomic E-state index is 13.0. The molecule has 1 N–H and O–H groups in total. The first-order chi connectivity index (χ1) is 14.3. The van der Waals surface area contributed by atoms with Gasteiger partial charge in [-0.1, -0.05) is 0 Å². The Morgan fingerprint density at radius 3 is 2.73 bits per heavy atom. The number of fused-ring (bicyclic) bond motifs is 1. The Hall–Kier alpha value is -3.49. The van der Waals surface area contributed by atoms with Crippen LogP contribution in [0.4, 0.5) is 13.2 Å². The molecule has 0 bridgehead atoms. The van der Waals surface area contributed by atoms with E-state index in [9.17, 15) is 18.0 Å². The highest BCUT2D eigenvalue weighted by Gasteiger charge is 2.34. The minimum absolute atomic E-state index is 0.0614. The summed E-state index contributed by atoms with van der Waals surface area (Å²) in [6, 6.07) is 7.47. The average Bonchev–Trinajstić information content (AvgIpc) is 3.32. The van der Waals surface area contributed by atoms with Crippen LogP contribution in [0.25, 0.3) is 5.69 Å². The number of hydrogen-bond acceptors (Lipinski definition) is 4. The molecular formula is C21H18F3N3O3. The number of nitrogens with zero attached hydrogens (tertiary/aromatic N) is 2. The van der Waals surface area contributed by atoms with Gasteiger partial charge in [-0.05, 0) is 43.3 Å². The van der Waals surface area contributed by atoms with Gasteiger partial charge in [-0.25, -0.2) is 4.98 Å². The number of carbonyl (C=O) groups excluding carboxylic acids is 1. The van der Waals surface area contributed by atoms with Gasteiger partial charge in [-0.15, -0.1) is 0 Å². The predicted octanol–water partition coefficient (Wildman–Crippen LogP) is 4.07. The maximum Gasteiger partial charge on any atom is 0.416 e. The van der Waals surface area contributed by atoms with Crippen molar-refractivity contribution in [1.29, 1.82) is 0 Å². The number of halogens is 3. The summed E-state index contributed by atoms with van der Waals surface area (Å²) in [5.74, 6) is 0.347. The van der Waals surface area contributed by atoms with E-state index < -0.39 is 23.7 Å². The molecule has 0 fully saturated rings. The lowest BCUT2D eigenvalue weighted by Gasteiger charge is -2.15. The molecule has 0 saturated carbocycles. The fourth-order valence-corrected chi connectivity index (χ4v) is 3.34. The van der Waals surface area contributed by atoms with Crippen LogP contribution in [0.1, 0.15) is 33.2 Å². The summed E-state index contributed by atoms with van der Waals surface area (Å²) < 4.78 is 51.7. The zero-order chi connectivity index (χ0) is 21.5. The van der Waals surface area contributed by atoms with E-state index in [2.05, 4.69) is 10.3 Å². The summed E-state index contributed by atoms with van der Waals surface area (Å²) in [4.78, 5) is 16.9. The molecule has 4 rings (SSSR count). The number of aromatic nitrogens is 2. The third kappa shape index (κ3) is 3.70. The minimum atomic E-state index is -4.47. The van der Waals surface area contributed by atoms with Crippen molar-refractivity contribution in [3.63, 3.8) is 0 Å². The Kier molecular flexibility index (Phi) is 4.89. The van der Waals surface area contributed by atoms with E-state index >= 15 is 0 Å². The van der Waals surface area contributed by atoms with Crippen LogP contribution in [0.5, 0.6) is 11.5 Å². The Morgan fingerprint density at radius 2 is 2.07 bits per heavy atom. The van der Waals surface area contributed by atoms with Crippen LogP contribution in [-0.2, 0) is 6.18 Å². The third-order valence-electron chi connectivity index (χ3n) is 4.86. The first kappa shape index (κ1) is 19.8. The van der Waals surface area contributed by atoms with Crippen LogP contribution < -0.4 is 14.8 Å². The van der Waals surface area contributed by atoms with Gasteiger partial charge in [0.1, 0.15) is 18.1 Å². The molecule has 156 valence electrons. The Labute approximate surface area is 170 Å². The summed E-state index contributed by atoms with van der Waals surface area (Å²) >= 11 is 0. The third-order valence-corrected chi connectivity index (χ3v) is 4.86. The number of nitrogens with one attached hydrogen (secondary N) is 1. The molecule has 1 aromatic heterocycles. The molecule has 0 spiro atoms. The van der Waals surface area contributed by atoms with Crippen molar-refractivity contribution >= 4 is 5.91 Å². The summed E-state index contributed by atoms with van der Waals surface area (Å²) in [5, 5.41) is 2.74. The SMILES string of the molecule is COc1cc(C(=O)NC2COc3ccc(C(F)(F)F)cc32)ccc1-n1cnc(C)c1. The molecule has 1 aliphatic rings. The van der Waals surface area contributed by atoms with Gasteiger partial charge in [0, 0.05) is 17.3 Å². The number of hydrogen-bond donors (Lipinski definition) is 1. The molecule has 1 atom stereocenters. The number of ether oxygens (including phenoxy) is 2. The molecule has 0 radical (unpaired) electrons. The number of imidazole rings is 1. The lowest BCUT2D eigenvalue weighted by molar-refractivity contribution is -0.137. The molecule has 6 nitrogen and oxygen atoms in total. The molecule has 1 aliphatic heterocycles. The number of carbonyl (C=O) groups is 1. The number of alkyl halides is 3. The normalized spacial score (nSPS) is 15.4. The molecule has 1 amide bonds. The van der Waals surface area contributed by atoms with Gasteiger partial charge in [-0.3, -0.25) is 4.79 Å². The van der Waals surface area contributed by atoms with E-state index in [0.29, 0.717) is 28.3 Å². The van der Waals surface area contributed by atoms with E-state index in [1.807, 2.05) is 13.1 Å². The number of amides is 1. The van der Waals surface area contributed by atoms with Crippen molar-refractivity contribution in [3.8, 4) is 17.2 Å². The summed E-state index contributed by atoms with van der Waals surface area (Å²) in [5.41, 5.74) is 1.37. The van der Waals surface area contributed by atoms with Gasteiger partial charge in [-0.2, -0.15) is 13.2 Å². The molecule has 1 unspecified atom stereocenters. The lowest BCUT2D eigenvalue weighted by atomic mass is 10.0. The monoisotopic (exact) mass is 417 g/mol. The van der Waals surface area contributed by atoms with Crippen LogP contribution in [0.3, 0.4) is 0 Å². The van der Waals surface area contributed by atoms with Crippen LogP contribution >= 0.6 is 0 Å². The highest BCUT2D eigenvalue weighted by Crippen LogP contribution is 2.38. The molecule has 30 heavy (non-hydrogen) atoms. The first-order valence-corrected chi connectivity index (χ1v) is 9.10. The molecule has 0 saturated heterocycles. The average molecular weight is 417 g/mol. The number of aryl methyl sites for hydroxylation is 1.